The van der Waals surface area contributed by atoms with Gasteiger partial charge in [-0.3, -0.25) is 0 Å². The van der Waals surface area contributed by atoms with Gasteiger partial charge in [0.25, 0.3) is 0 Å². The lowest BCUT2D eigenvalue weighted by Gasteiger charge is -2.19. The first-order valence-corrected chi connectivity index (χ1v) is 11.0. The number of rotatable bonds is 10. The molecule has 3 rings (SSSR count). The van der Waals surface area contributed by atoms with Crippen LogP contribution in [0.15, 0.2) is 36.4 Å². The van der Waals surface area contributed by atoms with Crippen LogP contribution < -0.4 is 9.47 Å². The molecule has 0 radical (unpaired) electrons. The van der Waals surface area contributed by atoms with Crippen molar-refractivity contribution in [3.63, 3.8) is 0 Å². The van der Waals surface area contributed by atoms with Crippen LogP contribution in [0.3, 0.4) is 0 Å². The van der Waals surface area contributed by atoms with Crippen molar-refractivity contribution in [1.82, 2.24) is 0 Å². The number of carbonyl (C=O) groups excluding carboxylic acids is 2. The van der Waals surface area contributed by atoms with Crippen molar-refractivity contribution in [3.8, 4) is 11.5 Å². The number of fused-ring (bicyclic) bond motifs is 2. The van der Waals surface area contributed by atoms with E-state index in [1.165, 1.54) is 0 Å². The van der Waals surface area contributed by atoms with Crippen molar-refractivity contribution in [3.05, 3.63) is 47.5 Å². The molecule has 6 heteroatoms. The average molecular weight is 439 g/mol. The summed E-state index contributed by atoms with van der Waals surface area (Å²) in [6.45, 7) is 8.24. The fraction of sp³-hybridized carbons (Fsp3) is 0.385. The Labute approximate surface area is 188 Å². The lowest BCUT2D eigenvalue weighted by Crippen LogP contribution is -2.16. The predicted octanol–water partition coefficient (Wildman–Crippen LogP) is 5.27. The number of aryl methyl sites for hydroxylation is 2. The second-order valence-electron chi connectivity index (χ2n) is 7.73. The van der Waals surface area contributed by atoms with E-state index in [2.05, 4.69) is 6.07 Å². The summed E-state index contributed by atoms with van der Waals surface area (Å²) >= 11 is 0. The molecular formula is C26H30O6. The topological polar surface area (TPSA) is 71.1 Å². The van der Waals surface area contributed by atoms with Crippen LogP contribution >= 0.6 is 0 Å². The molecule has 0 aliphatic carbocycles. The Kier molecular flexibility index (Phi) is 7.92. The second-order valence-corrected chi connectivity index (χ2v) is 7.73. The molecular weight excluding hydrogens is 408 g/mol. The van der Waals surface area contributed by atoms with Crippen molar-refractivity contribution in [2.24, 2.45) is 0 Å². The van der Waals surface area contributed by atoms with Crippen LogP contribution in [0.5, 0.6) is 11.5 Å². The van der Waals surface area contributed by atoms with Gasteiger partial charge < -0.3 is 18.9 Å². The number of ether oxygens (including phenoxy) is 4. The summed E-state index contributed by atoms with van der Waals surface area (Å²) < 4.78 is 22.4. The maximum Gasteiger partial charge on any atom is 0.344 e. The molecule has 0 fully saturated rings. The maximum atomic E-state index is 12.1. The molecule has 0 unspecified atom stereocenters. The molecule has 0 atom stereocenters. The van der Waals surface area contributed by atoms with Gasteiger partial charge in [0.15, 0.2) is 13.2 Å². The van der Waals surface area contributed by atoms with Gasteiger partial charge in [-0.25, -0.2) is 9.59 Å². The smallest absolute Gasteiger partial charge is 0.344 e. The quantitative estimate of drug-likeness (QED) is 0.317. The van der Waals surface area contributed by atoms with Gasteiger partial charge in [0.2, 0.25) is 0 Å². The molecule has 0 heterocycles. The van der Waals surface area contributed by atoms with Gasteiger partial charge in [-0.05, 0) is 38.3 Å². The molecule has 0 aromatic heterocycles. The predicted molar refractivity (Wildman–Crippen MR) is 124 cm³/mol. The molecule has 6 nitrogen and oxygen atoms in total. The average Bonchev–Trinajstić information content (AvgIpc) is 2.78. The summed E-state index contributed by atoms with van der Waals surface area (Å²) in [6.07, 6.45) is 1.51. The van der Waals surface area contributed by atoms with E-state index < -0.39 is 11.9 Å². The zero-order valence-corrected chi connectivity index (χ0v) is 19.2. The summed E-state index contributed by atoms with van der Waals surface area (Å²) in [6, 6.07) is 11.7. The fourth-order valence-electron chi connectivity index (χ4n) is 3.69. The van der Waals surface area contributed by atoms with Crippen molar-refractivity contribution in [2.45, 2.75) is 40.5 Å². The highest BCUT2D eigenvalue weighted by atomic mass is 16.6. The Balaban J connectivity index is 2.09. The Morgan fingerprint density at radius 1 is 0.750 bits per heavy atom. The Morgan fingerprint density at radius 2 is 1.28 bits per heavy atom. The van der Waals surface area contributed by atoms with Crippen LogP contribution in [0.4, 0.5) is 0 Å². The van der Waals surface area contributed by atoms with Crippen molar-refractivity contribution >= 4 is 33.5 Å². The van der Waals surface area contributed by atoms with E-state index in [4.69, 9.17) is 18.9 Å². The van der Waals surface area contributed by atoms with E-state index in [0.717, 1.165) is 45.5 Å². The molecule has 0 aliphatic heterocycles. The molecule has 0 N–H and O–H groups in total. The molecule has 3 aromatic carbocycles. The number of hydrogen-bond donors (Lipinski definition) is 0. The zero-order chi connectivity index (χ0) is 23.1. The van der Waals surface area contributed by atoms with Crippen molar-refractivity contribution in [2.75, 3.05) is 26.4 Å². The van der Waals surface area contributed by atoms with Crippen molar-refractivity contribution < 1.29 is 28.5 Å². The first-order valence-electron chi connectivity index (χ1n) is 11.0. The third-order valence-corrected chi connectivity index (χ3v) is 4.97. The Hall–Kier alpha value is -3.28. The Morgan fingerprint density at radius 3 is 1.84 bits per heavy atom. The van der Waals surface area contributed by atoms with Gasteiger partial charge in [0.05, 0.1) is 13.2 Å². The SMILES string of the molecule is CCCOC(=O)COc1c2ccccc2c(OCC(=O)OCCC)c2c(C)cc(C)cc12. The van der Waals surface area contributed by atoms with Gasteiger partial charge in [0, 0.05) is 21.5 Å². The first-order chi connectivity index (χ1) is 15.5. The van der Waals surface area contributed by atoms with E-state index in [0.29, 0.717) is 24.7 Å². The largest absolute Gasteiger partial charge is 0.481 e. The lowest BCUT2D eigenvalue weighted by atomic mass is 9.95. The van der Waals surface area contributed by atoms with Crippen molar-refractivity contribution in [1.29, 1.82) is 0 Å². The second kappa shape index (κ2) is 10.8. The summed E-state index contributed by atoms with van der Waals surface area (Å²) in [5.41, 5.74) is 2.04. The highest BCUT2D eigenvalue weighted by Crippen LogP contribution is 2.44. The van der Waals surface area contributed by atoms with Gasteiger partial charge in [-0.15, -0.1) is 0 Å². The van der Waals surface area contributed by atoms with Gasteiger partial charge >= 0.3 is 11.9 Å². The standard InChI is InChI=1S/C26H30O6/c1-5-11-29-22(27)15-31-25-19-9-7-8-10-20(19)26(32-16-23(28)30-12-6-2)24-18(4)13-17(3)14-21(24)25/h7-10,13-14H,5-6,11-12,15-16H2,1-4H3. The minimum atomic E-state index is -0.410. The van der Waals surface area contributed by atoms with E-state index >= 15 is 0 Å². The molecule has 0 amide bonds. The van der Waals surface area contributed by atoms with E-state index in [-0.39, 0.29) is 13.2 Å². The number of carbonyl (C=O) groups is 2. The van der Waals surface area contributed by atoms with Crippen LogP contribution in [0, 0.1) is 13.8 Å². The summed E-state index contributed by atoms with van der Waals surface area (Å²) in [7, 11) is 0. The Bertz CT molecular complexity index is 1120. The molecule has 170 valence electrons. The molecule has 0 spiro atoms. The molecule has 3 aromatic rings. The highest BCUT2D eigenvalue weighted by Gasteiger charge is 2.20. The summed E-state index contributed by atoms with van der Waals surface area (Å²) in [5, 5.41) is 3.26. The molecule has 0 bridgehead atoms. The molecule has 32 heavy (non-hydrogen) atoms. The van der Waals surface area contributed by atoms with Gasteiger partial charge in [0.1, 0.15) is 11.5 Å². The fourth-order valence-corrected chi connectivity index (χ4v) is 3.69. The van der Waals surface area contributed by atoms with Crippen LogP contribution in [-0.4, -0.2) is 38.4 Å². The van der Waals surface area contributed by atoms with E-state index in [9.17, 15) is 9.59 Å². The van der Waals surface area contributed by atoms with Crippen LogP contribution in [0.25, 0.3) is 21.5 Å². The highest BCUT2D eigenvalue weighted by molar-refractivity contribution is 6.12. The van der Waals surface area contributed by atoms with E-state index in [1.807, 2.05) is 58.0 Å². The number of hydrogen-bond acceptors (Lipinski definition) is 6. The lowest BCUT2D eigenvalue weighted by molar-refractivity contribution is -0.146. The van der Waals surface area contributed by atoms with Crippen LogP contribution in [-0.2, 0) is 19.1 Å². The number of esters is 2. The van der Waals surface area contributed by atoms with Crippen LogP contribution in [0.1, 0.15) is 37.8 Å². The zero-order valence-electron chi connectivity index (χ0n) is 19.2. The molecule has 0 saturated heterocycles. The first kappa shape index (κ1) is 23.4. The minimum Gasteiger partial charge on any atom is -0.481 e. The minimum absolute atomic E-state index is 0.185. The molecule has 0 saturated carbocycles. The maximum absolute atomic E-state index is 12.1. The number of benzene rings is 3. The summed E-state index contributed by atoms with van der Waals surface area (Å²) in [4.78, 5) is 24.2. The van der Waals surface area contributed by atoms with Crippen LogP contribution in [0.2, 0.25) is 0 Å². The summed E-state index contributed by atoms with van der Waals surface area (Å²) in [5.74, 6) is 0.375. The third kappa shape index (κ3) is 5.31. The third-order valence-electron chi connectivity index (χ3n) is 4.97. The van der Waals surface area contributed by atoms with E-state index in [1.54, 1.807) is 0 Å². The molecule has 0 aliphatic rings. The van der Waals surface area contributed by atoms with Gasteiger partial charge in [-0.2, -0.15) is 0 Å². The normalized spacial score (nSPS) is 10.9. The van der Waals surface area contributed by atoms with Gasteiger partial charge in [-0.1, -0.05) is 49.7 Å². The monoisotopic (exact) mass is 438 g/mol.